The minimum atomic E-state index is -1.12. The lowest BCUT2D eigenvalue weighted by Gasteiger charge is -1.99. The summed E-state index contributed by atoms with van der Waals surface area (Å²) >= 11 is 0. The lowest BCUT2D eigenvalue weighted by Crippen LogP contribution is -2.29. The van der Waals surface area contributed by atoms with E-state index in [1.807, 2.05) is 0 Å². The van der Waals surface area contributed by atoms with E-state index in [0.29, 0.717) is 11.1 Å². The molecule has 0 aliphatic carbocycles. The molecule has 0 radical (unpaired) electrons. The molecular weight excluding hydrogens is 293 g/mol. The standard InChI is InChI=1S/C14H14FN3O4/c1-8-2-3-9(6-10(8)15)14-17-12(22-18-14)5-4-11(19)16-7-13(20)21/h2-3,6H,4-5,7H2,1H3,(H,16,19)(H,20,21). The second-order valence-electron chi connectivity index (χ2n) is 4.65. The van der Waals surface area contributed by atoms with Crippen molar-refractivity contribution in [3.63, 3.8) is 0 Å². The summed E-state index contributed by atoms with van der Waals surface area (Å²) in [5.41, 5.74) is 0.996. The molecule has 0 spiro atoms. The molecule has 1 amide bonds. The average molecular weight is 307 g/mol. The molecular formula is C14H14FN3O4. The van der Waals surface area contributed by atoms with E-state index in [-0.39, 0.29) is 30.4 Å². The maximum Gasteiger partial charge on any atom is 0.322 e. The number of amides is 1. The minimum absolute atomic E-state index is 0.0250. The van der Waals surface area contributed by atoms with Crippen LogP contribution in [0.3, 0.4) is 0 Å². The normalized spacial score (nSPS) is 10.5. The van der Waals surface area contributed by atoms with Crippen molar-refractivity contribution in [2.75, 3.05) is 6.54 Å². The number of carbonyl (C=O) groups excluding carboxylic acids is 1. The number of halogens is 1. The largest absolute Gasteiger partial charge is 0.480 e. The van der Waals surface area contributed by atoms with Crippen molar-refractivity contribution in [2.45, 2.75) is 19.8 Å². The summed E-state index contributed by atoms with van der Waals surface area (Å²) in [7, 11) is 0. The number of carbonyl (C=O) groups is 2. The third-order valence-electron chi connectivity index (χ3n) is 2.90. The fourth-order valence-corrected chi connectivity index (χ4v) is 1.69. The van der Waals surface area contributed by atoms with E-state index >= 15 is 0 Å². The van der Waals surface area contributed by atoms with E-state index in [0.717, 1.165) is 0 Å². The van der Waals surface area contributed by atoms with Crippen LogP contribution in [0, 0.1) is 12.7 Å². The van der Waals surface area contributed by atoms with Crippen molar-refractivity contribution in [1.82, 2.24) is 15.5 Å². The first-order chi connectivity index (χ1) is 10.5. The summed E-state index contributed by atoms with van der Waals surface area (Å²) in [4.78, 5) is 25.7. The molecule has 0 fully saturated rings. The van der Waals surface area contributed by atoms with Crippen molar-refractivity contribution in [3.8, 4) is 11.4 Å². The van der Waals surface area contributed by atoms with Gasteiger partial charge in [-0.15, -0.1) is 0 Å². The molecule has 0 bridgehead atoms. The molecule has 0 saturated heterocycles. The zero-order valence-electron chi connectivity index (χ0n) is 11.8. The molecule has 0 atom stereocenters. The average Bonchev–Trinajstić information content (AvgIpc) is 2.94. The molecule has 0 aliphatic heterocycles. The highest BCUT2D eigenvalue weighted by Crippen LogP contribution is 2.19. The Kier molecular flexibility index (Phi) is 4.82. The molecule has 116 valence electrons. The predicted molar refractivity (Wildman–Crippen MR) is 73.4 cm³/mol. The molecule has 2 N–H and O–H groups in total. The fourth-order valence-electron chi connectivity index (χ4n) is 1.69. The number of rotatable bonds is 6. The Labute approximate surface area is 125 Å². The van der Waals surface area contributed by atoms with Crippen LogP contribution in [-0.4, -0.2) is 33.7 Å². The molecule has 7 nitrogen and oxygen atoms in total. The number of aliphatic carboxylic acids is 1. The van der Waals surface area contributed by atoms with E-state index in [1.54, 1.807) is 19.1 Å². The van der Waals surface area contributed by atoms with Gasteiger partial charge in [0.2, 0.25) is 17.6 Å². The van der Waals surface area contributed by atoms with Crippen molar-refractivity contribution in [3.05, 3.63) is 35.5 Å². The second kappa shape index (κ2) is 6.79. The van der Waals surface area contributed by atoms with Gasteiger partial charge in [0, 0.05) is 18.4 Å². The van der Waals surface area contributed by atoms with E-state index in [4.69, 9.17) is 9.63 Å². The van der Waals surface area contributed by atoms with Gasteiger partial charge in [-0.05, 0) is 18.6 Å². The van der Waals surface area contributed by atoms with E-state index in [1.165, 1.54) is 6.07 Å². The van der Waals surface area contributed by atoms with Gasteiger partial charge in [0.05, 0.1) is 0 Å². The summed E-state index contributed by atoms with van der Waals surface area (Å²) in [5.74, 6) is -1.45. The highest BCUT2D eigenvalue weighted by Gasteiger charge is 2.12. The number of aromatic nitrogens is 2. The summed E-state index contributed by atoms with van der Waals surface area (Å²) in [6.07, 6.45) is 0.198. The number of hydrogen-bond acceptors (Lipinski definition) is 5. The number of hydrogen-bond donors (Lipinski definition) is 2. The first kappa shape index (κ1) is 15.6. The third kappa shape index (κ3) is 4.11. The maximum absolute atomic E-state index is 13.5. The number of nitrogens with one attached hydrogen (secondary N) is 1. The monoisotopic (exact) mass is 307 g/mol. The van der Waals surface area contributed by atoms with Gasteiger partial charge in [0.1, 0.15) is 12.4 Å². The van der Waals surface area contributed by atoms with Gasteiger partial charge in [-0.2, -0.15) is 4.98 Å². The first-order valence-corrected chi connectivity index (χ1v) is 6.53. The van der Waals surface area contributed by atoms with Crippen molar-refractivity contribution >= 4 is 11.9 Å². The molecule has 2 aromatic rings. The zero-order chi connectivity index (χ0) is 16.1. The number of benzene rings is 1. The zero-order valence-corrected chi connectivity index (χ0v) is 11.8. The van der Waals surface area contributed by atoms with Gasteiger partial charge in [-0.3, -0.25) is 9.59 Å². The molecule has 0 unspecified atom stereocenters. The van der Waals surface area contributed by atoms with Crippen molar-refractivity contribution in [2.24, 2.45) is 0 Å². The summed E-state index contributed by atoms with van der Waals surface area (Å²) in [6.45, 7) is 1.22. The van der Waals surface area contributed by atoms with Gasteiger partial charge >= 0.3 is 5.97 Å². The molecule has 8 heteroatoms. The van der Waals surface area contributed by atoms with Crippen LogP contribution in [0.5, 0.6) is 0 Å². The Balaban J connectivity index is 1.95. The Bertz CT molecular complexity index is 699. The molecule has 0 saturated carbocycles. The second-order valence-corrected chi connectivity index (χ2v) is 4.65. The van der Waals surface area contributed by atoms with Crippen LogP contribution in [0.4, 0.5) is 4.39 Å². The van der Waals surface area contributed by atoms with Gasteiger partial charge in [0.25, 0.3) is 0 Å². The molecule has 1 aromatic heterocycles. The Morgan fingerprint density at radius 3 is 2.86 bits per heavy atom. The highest BCUT2D eigenvalue weighted by molar-refractivity contribution is 5.81. The quantitative estimate of drug-likeness (QED) is 0.833. The SMILES string of the molecule is Cc1ccc(-c2noc(CCC(=O)NCC(=O)O)n2)cc1F. The van der Waals surface area contributed by atoms with E-state index in [9.17, 15) is 14.0 Å². The molecule has 2 rings (SSSR count). The van der Waals surface area contributed by atoms with Crippen LogP contribution in [0.1, 0.15) is 17.9 Å². The summed E-state index contributed by atoms with van der Waals surface area (Å²) in [6, 6.07) is 4.59. The maximum atomic E-state index is 13.5. The van der Waals surface area contributed by atoms with Crippen LogP contribution >= 0.6 is 0 Å². The third-order valence-corrected chi connectivity index (χ3v) is 2.90. The van der Waals surface area contributed by atoms with Crippen molar-refractivity contribution in [1.29, 1.82) is 0 Å². The van der Waals surface area contributed by atoms with Gasteiger partial charge in [-0.25, -0.2) is 4.39 Å². The van der Waals surface area contributed by atoms with Crippen LogP contribution in [0.2, 0.25) is 0 Å². The van der Waals surface area contributed by atoms with Crippen LogP contribution < -0.4 is 5.32 Å². The summed E-state index contributed by atoms with van der Waals surface area (Å²) in [5, 5.41) is 14.4. The van der Waals surface area contributed by atoms with Crippen LogP contribution in [0.15, 0.2) is 22.7 Å². The number of aryl methyl sites for hydroxylation is 2. The molecule has 1 aromatic carbocycles. The number of carboxylic acid groups (broad SMARTS) is 1. The van der Waals surface area contributed by atoms with Gasteiger partial charge < -0.3 is 14.9 Å². The lowest BCUT2D eigenvalue weighted by molar-refractivity contribution is -0.137. The van der Waals surface area contributed by atoms with Crippen LogP contribution in [-0.2, 0) is 16.0 Å². The smallest absolute Gasteiger partial charge is 0.322 e. The van der Waals surface area contributed by atoms with Crippen LogP contribution in [0.25, 0.3) is 11.4 Å². The lowest BCUT2D eigenvalue weighted by atomic mass is 10.1. The number of nitrogens with zero attached hydrogens (tertiary/aromatic N) is 2. The fraction of sp³-hybridized carbons (Fsp3) is 0.286. The predicted octanol–water partition coefficient (Wildman–Crippen LogP) is 1.32. The molecule has 22 heavy (non-hydrogen) atoms. The topological polar surface area (TPSA) is 105 Å². The number of carboxylic acids is 1. The van der Waals surface area contributed by atoms with Gasteiger partial charge in [-0.1, -0.05) is 17.3 Å². The minimum Gasteiger partial charge on any atom is -0.480 e. The molecule has 1 heterocycles. The van der Waals surface area contributed by atoms with E-state index < -0.39 is 18.4 Å². The Hall–Kier alpha value is -2.77. The van der Waals surface area contributed by atoms with Crippen molar-refractivity contribution < 1.29 is 23.6 Å². The highest BCUT2D eigenvalue weighted by atomic mass is 19.1. The summed E-state index contributed by atoms with van der Waals surface area (Å²) < 4.78 is 18.5. The Morgan fingerprint density at radius 1 is 1.41 bits per heavy atom. The first-order valence-electron chi connectivity index (χ1n) is 6.53. The van der Waals surface area contributed by atoms with E-state index in [2.05, 4.69) is 15.5 Å². The molecule has 0 aliphatic rings. The van der Waals surface area contributed by atoms with Gasteiger partial charge in [0.15, 0.2) is 0 Å². The Morgan fingerprint density at radius 2 is 2.18 bits per heavy atom.